The van der Waals surface area contributed by atoms with Gasteiger partial charge in [-0.05, 0) is 23.8 Å². The second-order valence-corrected chi connectivity index (χ2v) is 6.05. The molecule has 108 valence electrons. The first-order chi connectivity index (χ1) is 10.7. The molecule has 0 unspecified atom stereocenters. The van der Waals surface area contributed by atoms with Crippen LogP contribution in [-0.2, 0) is 6.54 Å². The fourth-order valence-corrected chi connectivity index (χ4v) is 3.08. The van der Waals surface area contributed by atoms with Crippen LogP contribution in [0.3, 0.4) is 0 Å². The van der Waals surface area contributed by atoms with E-state index in [1.54, 1.807) is 10.8 Å². The van der Waals surface area contributed by atoms with E-state index in [-0.39, 0.29) is 5.56 Å². The van der Waals surface area contributed by atoms with Crippen molar-refractivity contribution in [1.82, 2.24) is 14.0 Å². The molecule has 0 fully saturated rings. The van der Waals surface area contributed by atoms with Crippen LogP contribution in [0.4, 0.5) is 0 Å². The van der Waals surface area contributed by atoms with Crippen LogP contribution < -0.4 is 5.56 Å². The molecule has 0 amide bonds. The van der Waals surface area contributed by atoms with Gasteiger partial charge in [0.25, 0.3) is 5.56 Å². The maximum Gasteiger partial charge on any atom is 0.263 e. The molecule has 0 aliphatic carbocycles. The second-order valence-electron chi connectivity index (χ2n) is 5.14. The third-order valence-corrected chi connectivity index (χ3v) is 4.23. The van der Waals surface area contributed by atoms with Crippen molar-refractivity contribution in [2.24, 2.45) is 0 Å². The van der Waals surface area contributed by atoms with Gasteiger partial charge in [-0.2, -0.15) is 0 Å². The van der Waals surface area contributed by atoms with Gasteiger partial charge in [0.1, 0.15) is 0 Å². The monoisotopic (exact) mass is 353 g/mol. The van der Waals surface area contributed by atoms with Gasteiger partial charge in [0.05, 0.1) is 17.4 Å². The van der Waals surface area contributed by atoms with E-state index in [9.17, 15) is 4.79 Å². The molecule has 0 saturated heterocycles. The Kier molecular flexibility index (Phi) is 3.08. The summed E-state index contributed by atoms with van der Waals surface area (Å²) >= 11 is 3.44. The zero-order valence-corrected chi connectivity index (χ0v) is 13.2. The number of fused-ring (bicyclic) bond motifs is 3. The average molecular weight is 354 g/mol. The van der Waals surface area contributed by atoms with Gasteiger partial charge < -0.3 is 0 Å². The van der Waals surface area contributed by atoms with E-state index in [0.29, 0.717) is 17.7 Å². The van der Waals surface area contributed by atoms with Gasteiger partial charge >= 0.3 is 0 Å². The molecule has 0 saturated carbocycles. The molecule has 0 N–H and O–H groups in total. The number of benzene rings is 2. The Morgan fingerprint density at radius 3 is 2.73 bits per heavy atom. The molecule has 0 spiro atoms. The summed E-state index contributed by atoms with van der Waals surface area (Å²) in [4.78, 5) is 17.2. The van der Waals surface area contributed by atoms with Crippen molar-refractivity contribution in [3.8, 4) is 0 Å². The maximum atomic E-state index is 12.9. The van der Waals surface area contributed by atoms with E-state index in [0.717, 1.165) is 15.6 Å². The summed E-state index contributed by atoms with van der Waals surface area (Å²) < 4.78 is 4.55. The van der Waals surface area contributed by atoms with Crippen molar-refractivity contribution in [3.05, 3.63) is 81.3 Å². The predicted octanol–water partition coefficient (Wildman–Crippen LogP) is 3.46. The van der Waals surface area contributed by atoms with E-state index in [1.807, 2.05) is 59.1 Å². The van der Waals surface area contributed by atoms with Crippen LogP contribution in [0, 0.1) is 0 Å². The first-order valence-electron chi connectivity index (χ1n) is 6.93. The van der Waals surface area contributed by atoms with Crippen molar-refractivity contribution in [3.63, 3.8) is 0 Å². The van der Waals surface area contributed by atoms with E-state index in [4.69, 9.17) is 0 Å². The van der Waals surface area contributed by atoms with Gasteiger partial charge in [-0.15, -0.1) is 0 Å². The minimum absolute atomic E-state index is 0.0288. The van der Waals surface area contributed by atoms with Crippen LogP contribution >= 0.6 is 15.9 Å². The Morgan fingerprint density at radius 1 is 1.09 bits per heavy atom. The summed E-state index contributed by atoms with van der Waals surface area (Å²) in [6.45, 7) is 0.503. The highest BCUT2D eigenvalue weighted by molar-refractivity contribution is 9.10. The summed E-state index contributed by atoms with van der Waals surface area (Å²) in [5, 5.41) is 0.677. The molecule has 0 atom stereocenters. The zero-order valence-electron chi connectivity index (χ0n) is 11.6. The number of hydrogen-bond donors (Lipinski definition) is 0. The number of rotatable bonds is 2. The van der Waals surface area contributed by atoms with Gasteiger partial charge in [0.2, 0.25) is 5.78 Å². The lowest BCUT2D eigenvalue weighted by molar-refractivity contribution is 0.769. The standard InChI is InChI=1S/C17H12BrN3O/c18-13-6-7-15-14(10-13)16(22)21(17-19-8-9-20(15)17)11-12-4-2-1-3-5-12/h1-10H,11H2. The molecule has 0 radical (unpaired) electrons. The van der Waals surface area contributed by atoms with Crippen molar-refractivity contribution in [2.45, 2.75) is 6.54 Å². The normalized spacial score (nSPS) is 11.3. The van der Waals surface area contributed by atoms with Crippen LogP contribution in [0.25, 0.3) is 16.7 Å². The summed E-state index contributed by atoms with van der Waals surface area (Å²) in [6, 6.07) is 15.7. The van der Waals surface area contributed by atoms with Gasteiger partial charge in [-0.25, -0.2) is 4.98 Å². The van der Waals surface area contributed by atoms with Crippen LogP contribution in [0.1, 0.15) is 5.56 Å². The fraction of sp³-hybridized carbons (Fsp3) is 0.0588. The quantitative estimate of drug-likeness (QED) is 0.553. The first kappa shape index (κ1) is 13.3. The van der Waals surface area contributed by atoms with E-state index < -0.39 is 0 Å². The highest BCUT2D eigenvalue weighted by Crippen LogP contribution is 2.18. The molecule has 4 rings (SSSR count). The number of hydrogen-bond acceptors (Lipinski definition) is 2. The lowest BCUT2D eigenvalue weighted by Crippen LogP contribution is -2.23. The summed E-state index contributed by atoms with van der Waals surface area (Å²) in [5.74, 6) is 0.656. The smallest absolute Gasteiger partial charge is 0.263 e. The number of aromatic nitrogens is 3. The average Bonchev–Trinajstić information content (AvgIpc) is 3.02. The molecule has 0 bridgehead atoms. The van der Waals surface area contributed by atoms with Gasteiger partial charge in [-0.1, -0.05) is 46.3 Å². The molecule has 0 aliphatic heterocycles. The van der Waals surface area contributed by atoms with Crippen molar-refractivity contribution < 1.29 is 0 Å². The SMILES string of the molecule is O=c1c2cc(Br)ccc2n2ccnc2n1Cc1ccccc1. The van der Waals surface area contributed by atoms with Crippen LogP contribution in [-0.4, -0.2) is 14.0 Å². The van der Waals surface area contributed by atoms with Crippen molar-refractivity contribution in [2.75, 3.05) is 0 Å². The molecule has 5 heteroatoms. The number of halogens is 1. The molecule has 22 heavy (non-hydrogen) atoms. The molecule has 4 aromatic rings. The van der Waals surface area contributed by atoms with E-state index >= 15 is 0 Å². The van der Waals surface area contributed by atoms with Gasteiger partial charge in [0.15, 0.2) is 0 Å². The van der Waals surface area contributed by atoms with Gasteiger partial charge in [0, 0.05) is 16.9 Å². The van der Waals surface area contributed by atoms with Crippen LogP contribution in [0.15, 0.2) is 70.2 Å². The van der Waals surface area contributed by atoms with Crippen molar-refractivity contribution >= 4 is 32.6 Å². The topological polar surface area (TPSA) is 39.3 Å². The van der Waals surface area contributed by atoms with Gasteiger partial charge in [-0.3, -0.25) is 13.8 Å². The maximum absolute atomic E-state index is 12.9. The molecule has 2 heterocycles. The first-order valence-corrected chi connectivity index (χ1v) is 7.72. The molecular formula is C17H12BrN3O. The van der Waals surface area contributed by atoms with Crippen molar-refractivity contribution in [1.29, 1.82) is 0 Å². The Balaban J connectivity index is 2.05. The van der Waals surface area contributed by atoms with E-state index in [2.05, 4.69) is 20.9 Å². The third-order valence-electron chi connectivity index (χ3n) is 3.74. The zero-order chi connectivity index (χ0) is 15.1. The predicted molar refractivity (Wildman–Crippen MR) is 90.2 cm³/mol. The minimum atomic E-state index is -0.0288. The molecule has 2 aromatic heterocycles. The Hall–Kier alpha value is -2.40. The molecule has 0 aliphatic rings. The Morgan fingerprint density at radius 2 is 1.91 bits per heavy atom. The lowest BCUT2D eigenvalue weighted by atomic mass is 10.2. The highest BCUT2D eigenvalue weighted by Gasteiger charge is 2.12. The highest BCUT2D eigenvalue weighted by atomic mass is 79.9. The van der Waals surface area contributed by atoms with E-state index in [1.165, 1.54) is 0 Å². The number of nitrogens with zero attached hydrogens (tertiary/aromatic N) is 3. The van der Waals surface area contributed by atoms with Crippen LogP contribution in [0.2, 0.25) is 0 Å². The third kappa shape index (κ3) is 2.05. The van der Waals surface area contributed by atoms with Crippen LogP contribution in [0.5, 0.6) is 0 Å². The molecule has 4 nitrogen and oxygen atoms in total. The molecule has 2 aromatic carbocycles. The minimum Gasteiger partial charge on any atom is -0.285 e. The largest absolute Gasteiger partial charge is 0.285 e. The molecular weight excluding hydrogens is 342 g/mol. The fourth-order valence-electron chi connectivity index (χ4n) is 2.72. The number of imidazole rings is 1. The Bertz CT molecular complexity index is 1030. The summed E-state index contributed by atoms with van der Waals surface area (Å²) in [6.07, 6.45) is 3.60. The summed E-state index contributed by atoms with van der Waals surface area (Å²) in [5.41, 5.74) is 1.91. The summed E-state index contributed by atoms with van der Waals surface area (Å²) in [7, 11) is 0. The second kappa shape index (κ2) is 5.10. The lowest BCUT2D eigenvalue weighted by Gasteiger charge is -2.11. The Labute approximate surface area is 134 Å².